The van der Waals surface area contributed by atoms with Gasteiger partial charge in [-0.2, -0.15) is 0 Å². The van der Waals surface area contributed by atoms with Gasteiger partial charge in [-0.15, -0.1) is 0 Å². The van der Waals surface area contributed by atoms with Gasteiger partial charge in [-0.05, 0) is 55.6 Å². The predicted octanol–water partition coefficient (Wildman–Crippen LogP) is 4.30. The van der Waals surface area contributed by atoms with Crippen molar-refractivity contribution in [3.63, 3.8) is 0 Å². The van der Waals surface area contributed by atoms with Gasteiger partial charge in [0.2, 0.25) is 0 Å². The molecule has 0 atom stereocenters. The van der Waals surface area contributed by atoms with Gasteiger partial charge in [0, 0.05) is 17.1 Å². The van der Waals surface area contributed by atoms with Gasteiger partial charge < -0.3 is 4.90 Å². The van der Waals surface area contributed by atoms with Crippen LogP contribution >= 0.6 is 11.6 Å². The molecule has 0 aromatic heterocycles. The Bertz CT molecular complexity index is 645. The molecule has 2 aromatic rings. The van der Waals surface area contributed by atoms with E-state index in [4.69, 9.17) is 11.6 Å². The Kier molecular flexibility index (Phi) is 5.32. The van der Waals surface area contributed by atoms with Crippen molar-refractivity contribution in [2.24, 2.45) is 0 Å². The maximum Gasteiger partial charge on any atom is 0.185 e. The summed E-state index contributed by atoms with van der Waals surface area (Å²) in [6.07, 6.45) is 3.48. The molecule has 0 radical (unpaired) electrons. The lowest BCUT2D eigenvalue weighted by atomic mass is 10.0. The van der Waals surface area contributed by atoms with Crippen molar-refractivity contribution in [3.05, 3.63) is 76.3 Å². The van der Waals surface area contributed by atoms with Crippen LogP contribution < -0.4 is 0 Å². The zero-order valence-corrected chi connectivity index (χ0v) is 13.0. The summed E-state index contributed by atoms with van der Waals surface area (Å²) < 4.78 is 0. The number of benzene rings is 2. The zero-order chi connectivity index (χ0) is 15.2. The highest BCUT2D eigenvalue weighted by Crippen LogP contribution is 2.14. The Morgan fingerprint density at radius 1 is 1.10 bits per heavy atom. The van der Waals surface area contributed by atoms with Crippen LogP contribution in [0.5, 0.6) is 0 Å². The molecular formula is C18H18ClNO. The van der Waals surface area contributed by atoms with Gasteiger partial charge in [-0.3, -0.25) is 4.79 Å². The minimum Gasteiger partial charge on any atom is -0.305 e. The SMILES string of the molecule is CN(C)Cc1ccccc1C=CC(=O)c1ccc(Cl)cc1. The smallest absolute Gasteiger partial charge is 0.185 e. The lowest BCUT2D eigenvalue weighted by molar-refractivity contribution is 0.104. The molecule has 0 aliphatic rings. The fourth-order valence-corrected chi connectivity index (χ4v) is 2.18. The van der Waals surface area contributed by atoms with Crippen LogP contribution in [0.25, 0.3) is 6.08 Å². The topological polar surface area (TPSA) is 20.3 Å². The predicted molar refractivity (Wildman–Crippen MR) is 88.6 cm³/mol. The summed E-state index contributed by atoms with van der Waals surface area (Å²) in [7, 11) is 4.05. The number of allylic oxidation sites excluding steroid dienone is 1. The summed E-state index contributed by atoms with van der Waals surface area (Å²) in [6.45, 7) is 0.843. The van der Waals surface area contributed by atoms with Crippen LogP contribution in [0.1, 0.15) is 21.5 Å². The van der Waals surface area contributed by atoms with Crippen LogP contribution in [0.3, 0.4) is 0 Å². The van der Waals surface area contributed by atoms with E-state index < -0.39 is 0 Å². The Morgan fingerprint density at radius 3 is 2.43 bits per heavy atom. The van der Waals surface area contributed by atoms with Crippen molar-refractivity contribution < 1.29 is 4.79 Å². The molecule has 3 heteroatoms. The van der Waals surface area contributed by atoms with E-state index in [1.807, 2.05) is 38.4 Å². The average molecular weight is 300 g/mol. The summed E-state index contributed by atoms with van der Waals surface area (Å²) >= 11 is 5.82. The molecule has 0 aliphatic heterocycles. The number of hydrogen-bond acceptors (Lipinski definition) is 2. The van der Waals surface area contributed by atoms with Gasteiger partial charge in [0.15, 0.2) is 5.78 Å². The highest BCUT2D eigenvalue weighted by molar-refractivity contribution is 6.30. The zero-order valence-electron chi connectivity index (χ0n) is 12.2. The third-order valence-electron chi connectivity index (χ3n) is 3.08. The van der Waals surface area contributed by atoms with Crippen LogP contribution in [-0.2, 0) is 6.54 Å². The average Bonchev–Trinajstić information content (AvgIpc) is 2.46. The highest BCUT2D eigenvalue weighted by Gasteiger charge is 2.03. The fraction of sp³-hybridized carbons (Fsp3) is 0.167. The molecule has 108 valence electrons. The summed E-state index contributed by atoms with van der Waals surface area (Å²) in [4.78, 5) is 14.2. The normalized spacial score (nSPS) is 11.2. The number of rotatable bonds is 5. The number of halogens is 1. The van der Waals surface area contributed by atoms with Gasteiger partial charge in [-0.1, -0.05) is 41.9 Å². The number of nitrogens with zero attached hydrogens (tertiary/aromatic N) is 1. The summed E-state index contributed by atoms with van der Waals surface area (Å²) in [5.41, 5.74) is 2.90. The van der Waals surface area contributed by atoms with Crippen LogP contribution in [0.2, 0.25) is 5.02 Å². The second-order valence-electron chi connectivity index (χ2n) is 5.14. The summed E-state index contributed by atoms with van der Waals surface area (Å²) in [5, 5.41) is 0.631. The molecule has 0 heterocycles. The Balaban J connectivity index is 2.17. The third-order valence-corrected chi connectivity index (χ3v) is 3.34. The first-order valence-corrected chi connectivity index (χ1v) is 7.14. The molecule has 21 heavy (non-hydrogen) atoms. The molecule has 0 aliphatic carbocycles. The third kappa shape index (κ3) is 4.55. The molecule has 0 fully saturated rings. The number of carbonyl (C=O) groups is 1. The van der Waals surface area contributed by atoms with Crippen molar-refractivity contribution >= 4 is 23.5 Å². The Hall–Kier alpha value is -1.90. The molecule has 0 saturated heterocycles. The maximum atomic E-state index is 12.1. The van der Waals surface area contributed by atoms with Crippen LogP contribution in [0.15, 0.2) is 54.6 Å². The maximum absolute atomic E-state index is 12.1. The van der Waals surface area contributed by atoms with Crippen molar-refractivity contribution in [2.75, 3.05) is 14.1 Å². The molecule has 2 nitrogen and oxygen atoms in total. The molecule has 2 aromatic carbocycles. The van der Waals surface area contributed by atoms with Gasteiger partial charge in [0.1, 0.15) is 0 Å². The highest BCUT2D eigenvalue weighted by atomic mass is 35.5. The first-order valence-electron chi connectivity index (χ1n) is 6.77. The van der Waals surface area contributed by atoms with Gasteiger partial charge in [0.25, 0.3) is 0 Å². The molecule has 0 spiro atoms. The standard InChI is InChI=1S/C18H18ClNO/c1-20(2)13-16-6-4-3-5-14(16)9-12-18(21)15-7-10-17(19)11-8-15/h3-12H,13H2,1-2H3. The molecule has 0 bridgehead atoms. The quantitative estimate of drug-likeness (QED) is 0.606. The number of hydrogen-bond donors (Lipinski definition) is 0. The largest absolute Gasteiger partial charge is 0.305 e. The molecule has 2 rings (SSSR count). The summed E-state index contributed by atoms with van der Waals surface area (Å²) in [6, 6.07) is 15.0. The van der Waals surface area contributed by atoms with Gasteiger partial charge in [0.05, 0.1) is 0 Å². The Morgan fingerprint density at radius 2 is 1.76 bits per heavy atom. The molecule has 0 saturated carbocycles. The van der Waals surface area contributed by atoms with Gasteiger partial charge >= 0.3 is 0 Å². The van der Waals surface area contributed by atoms with E-state index in [1.165, 1.54) is 5.56 Å². The van der Waals surface area contributed by atoms with E-state index in [1.54, 1.807) is 30.3 Å². The minimum atomic E-state index is -0.0219. The molecule has 0 N–H and O–H groups in total. The van der Waals surface area contributed by atoms with Gasteiger partial charge in [-0.25, -0.2) is 0 Å². The van der Waals surface area contributed by atoms with E-state index in [0.717, 1.165) is 12.1 Å². The lowest BCUT2D eigenvalue weighted by Crippen LogP contribution is -2.11. The minimum absolute atomic E-state index is 0.0219. The number of carbonyl (C=O) groups excluding carboxylic acids is 1. The molecule has 0 unspecified atom stereocenters. The van der Waals surface area contributed by atoms with Crippen molar-refractivity contribution in [1.29, 1.82) is 0 Å². The lowest BCUT2D eigenvalue weighted by Gasteiger charge is -2.11. The fourth-order valence-electron chi connectivity index (χ4n) is 2.06. The number of ketones is 1. The first kappa shape index (κ1) is 15.5. The van der Waals surface area contributed by atoms with Crippen LogP contribution in [-0.4, -0.2) is 24.8 Å². The van der Waals surface area contributed by atoms with E-state index in [-0.39, 0.29) is 5.78 Å². The first-order chi connectivity index (χ1) is 10.1. The van der Waals surface area contributed by atoms with Crippen molar-refractivity contribution in [1.82, 2.24) is 4.90 Å². The van der Waals surface area contributed by atoms with E-state index in [2.05, 4.69) is 11.0 Å². The second kappa shape index (κ2) is 7.21. The van der Waals surface area contributed by atoms with Crippen LogP contribution in [0.4, 0.5) is 0 Å². The Labute approximate surface area is 130 Å². The van der Waals surface area contributed by atoms with Crippen LogP contribution in [0, 0.1) is 0 Å². The summed E-state index contributed by atoms with van der Waals surface area (Å²) in [5.74, 6) is -0.0219. The van der Waals surface area contributed by atoms with E-state index in [0.29, 0.717) is 10.6 Å². The van der Waals surface area contributed by atoms with Crippen molar-refractivity contribution in [3.8, 4) is 0 Å². The molecule has 0 amide bonds. The van der Waals surface area contributed by atoms with Crippen molar-refractivity contribution in [2.45, 2.75) is 6.54 Å². The monoisotopic (exact) mass is 299 g/mol. The van der Waals surface area contributed by atoms with E-state index in [9.17, 15) is 4.79 Å². The van der Waals surface area contributed by atoms with E-state index >= 15 is 0 Å². The second-order valence-corrected chi connectivity index (χ2v) is 5.58. The molecular weight excluding hydrogens is 282 g/mol.